The number of pyridine rings is 1. The Morgan fingerprint density at radius 1 is 1.62 bits per heavy atom. The number of methoxy groups -OCH3 is 1. The fourth-order valence-electron chi connectivity index (χ4n) is 1.04. The van der Waals surface area contributed by atoms with Gasteiger partial charge in [0.25, 0.3) is 0 Å². The topological polar surface area (TPSA) is 77.2 Å². The summed E-state index contributed by atoms with van der Waals surface area (Å²) in [5.74, 6) is 7.25. The standard InChI is InChI=1S/C10H15N3O2S/c1-15-10(14)4-5-16-7-8-2-3-9(13-11)12-6-8/h2-3,6H,4-5,7,11H2,1H3,(H,12,13). The zero-order chi connectivity index (χ0) is 11.8. The van der Waals surface area contributed by atoms with E-state index < -0.39 is 0 Å². The molecule has 1 aromatic heterocycles. The van der Waals surface area contributed by atoms with Gasteiger partial charge in [-0.15, -0.1) is 0 Å². The van der Waals surface area contributed by atoms with Gasteiger partial charge in [0.15, 0.2) is 0 Å². The molecule has 1 heterocycles. The van der Waals surface area contributed by atoms with Gasteiger partial charge in [0.1, 0.15) is 5.82 Å². The van der Waals surface area contributed by atoms with Crippen LogP contribution in [0.1, 0.15) is 12.0 Å². The molecule has 0 saturated heterocycles. The minimum absolute atomic E-state index is 0.173. The van der Waals surface area contributed by atoms with Gasteiger partial charge in [-0.1, -0.05) is 6.07 Å². The number of nitrogens with one attached hydrogen (secondary N) is 1. The van der Waals surface area contributed by atoms with Gasteiger partial charge >= 0.3 is 5.97 Å². The van der Waals surface area contributed by atoms with Crippen LogP contribution in [0.3, 0.4) is 0 Å². The largest absolute Gasteiger partial charge is 0.469 e. The molecule has 0 amide bonds. The molecule has 0 unspecified atom stereocenters. The average molecular weight is 241 g/mol. The maximum Gasteiger partial charge on any atom is 0.306 e. The van der Waals surface area contributed by atoms with Crippen LogP contribution in [0, 0.1) is 0 Å². The summed E-state index contributed by atoms with van der Waals surface area (Å²) in [6, 6.07) is 3.77. The first kappa shape index (κ1) is 12.8. The summed E-state index contributed by atoms with van der Waals surface area (Å²) in [5, 5.41) is 0. The van der Waals surface area contributed by atoms with Gasteiger partial charge in [0.2, 0.25) is 0 Å². The summed E-state index contributed by atoms with van der Waals surface area (Å²) >= 11 is 1.67. The smallest absolute Gasteiger partial charge is 0.306 e. The van der Waals surface area contributed by atoms with Crippen LogP contribution in [0.4, 0.5) is 5.82 Å². The molecule has 0 spiro atoms. The predicted octanol–water partition coefficient (Wildman–Crippen LogP) is 1.16. The van der Waals surface area contributed by atoms with Crippen LogP contribution < -0.4 is 11.3 Å². The minimum Gasteiger partial charge on any atom is -0.469 e. The molecule has 0 atom stereocenters. The molecular weight excluding hydrogens is 226 g/mol. The van der Waals surface area contributed by atoms with Gasteiger partial charge in [-0.05, 0) is 11.6 Å². The highest BCUT2D eigenvalue weighted by Crippen LogP contribution is 2.13. The van der Waals surface area contributed by atoms with Crippen LogP contribution in [0.5, 0.6) is 0 Å². The molecule has 88 valence electrons. The van der Waals surface area contributed by atoms with Crippen molar-refractivity contribution in [1.82, 2.24) is 4.98 Å². The number of nitrogens with two attached hydrogens (primary N) is 1. The van der Waals surface area contributed by atoms with Gasteiger partial charge in [-0.25, -0.2) is 10.8 Å². The van der Waals surface area contributed by atoms with E-state index >= 15 is 0 Å². The molecule has 0 aromatic carbocycles. The fraction of sp³-hybridized carbons (Fsp3) is 0.400. The summed E-state index contributed by atoms with van der Waals surface area (Å²) < 4.78 is 4.55. The van der Waals surface area contributed by atoms with E-state index in [4.69, 9.17) is 5.84 Å². The molecule has 6 heteroatoms. The van der Waals surface area contributed by atoms with E-state index in [0.717, 1.165) is 17.1 Å². The maximum absolute atomic E-state index is 10.8. The average Bonchev–Trinajstić information content (AvgIpc) is 2.35. The molecule has 1 rings (SSSR count). The van der Waals surface area contributed by atoms with Crippen LogP contribution in [0.15, 0.2) is 18.3 Å². The molecule has 3 N–H and O–H groups in total. The van der Waals surface area contributed by atoms with Crippen molar-refractivity contribution in [3.8, 4) is 0 Å². The third-order valence-corrected chi connectivity index (χ3v) is 2.95. The van der Waals surface area contributed by atoms with Gasteiger partial charge in [-0.3, -0.25) is 4.79 Å². The third kappa shape index (κ3) is 4.50. The Bertz CT molecular complexity index is 329. The number of nitrogen functional groups attached to an aromatic ring is 1. The Hall–Kier alpha value is -1.27. The SMILES string of the molecule is COC(=O)CCSCc1ccc(NN)nc1. The number of carbonyl (C=O) groups is 1. The summed E-state index contributed by atoms with van der Waals surface area (Å²) in [6.07, 6.45) is 2.21. The lowest BCUT2D eigenvalue weighted by Gasteiger charge is -2.02. The van der Waals surface area contributed by atoms with E-state index in [-0.39, 0.29) is 5.97 Å². The van der Waals surface area contributed by atoms with E-state index in [9.17, 15) is 4.79 Å². The highest BCUT2D eigenvalue weighted by atomic mass is 32.2. The second-order valence-corrected chi connectivity index (χ2v) is 4.18. The first-order valence-corrected chi connectivity index (χ1v) is 5.98. The predicted molar refractivity (Wildman–Crippen MR) is 64.8 cm³/mol. The lowest BCUT2D eigenvalue weighted by atomic mass is 10.3. The molecule has 1 aromatic rings. The van der Waals surface area contributed by atoms with Crippen LogP contribution in [-0.4, -0.2) is 23.8 Å². The van der Waals surface area contributed by atoms with Crippen molar-refractivity contribution >= 4 is 23.5 Å². The maximum atomic E-state index is 10.8. The Labute approximate surface area is 98.7 Å². The first-order valence-electron chi connectivity index (χ1n) is 4.82. The molecular formula is C10H15N3O2S. The van der Waals surface area contributed by atoms with Crippen LogP contribution in [0.25, 0.3) is 0 Å². The van der Waals surface area contributed by atoms with Crippen LogP contribution in [0.2, 0.25) is 0 Å². The minimum atomic E-state index is -0.173. The number of anilines is 1. The lowest BCUT2D eigenvalue weighted by molar-refractivity contribution is -0.140. The zero-order valence-corrected chi connectivity index (χ0v) is 9.92. The highest BCUT2D eigenvalue weighted by Gasteiger charge is 2.00. The summed E-state index contributed by atoms with van der Waals surface area (Å²) in [7, 11) is 1.40. The Morgan fingerprint density at radius 2 is 2.44 bits per heavy atom. The quantitative estimate of drug-likeness (QED) is 0.337. The number of carbonyl (C=O) groups excluding carboxylic acids is 1. The van der Waals surface area contributed by atoms with Gasteiger partial charge < -0.3 is 10.2 Å². The summed E-state index contributed by atoms with van der Waals surface area (Å²) in [6.45, 7) is 0. The number of thioether (sulfide) groups is 1. The van der Waals surface area contributed by atoms with Gasteiger partial charge in [0.05, 0.1) is 13.5 Å². The van der Waals surface area contributed by atoms with Crippen molar-refractivity contribution in [3.05, 3.63) is 23.9 Å². The molecule has 0 aliphatic carbocycles. The molecule has 0 bridgehead atoms. The van der Waals surface area contributed by atoms with E-state index in [2.05, 4.69) is 15.1 Å². The number of hydrazine groups is 1. The second kappa shape index (κ2) is 7.08. The van der Waals surface area contributed by atoms with Gasteiger partial charge in [0, 0.05) is 17.7 Å². The van der Waals surface area contributed by atoms with E-state index in [1.165, 1.54) is 7.11 Å². The van der Waals surface area contributed by atoms with E-state index in [1.54, 1.807) is 18.0 Å². The molecule has 5 nitrogen and oxygen atoms in total. The number of hydrogen-bond acceptors (Lipinski definition) is 6. The number of hydrogen-bond donors (Lipinski definition) is 2. The second-order valence-electron chi connectivity index (χ2n) is 3.07. The number of rotatable bonds is 6. The molecule has 0 aliphatic rings. The number of ether oxygens (including phenoxy) is 1. The van der Waals surface area contributed by atoms with E-state index in [1.807, 2.05) is 12.1 Å². The molecule has 0 fully saturated rings. The summed E-state index contributed by atoms with van der Waals surface area (Å²) in [4.78, 5) is 14.9. The highest BCUT2D eigenvalue weighted by molar-refractivity contribution is 7.98. The van der Waals surface area contributed by atoms with Gasteiger partial charge in [-0.2, -0.15) is 11.8 Å². The molecule has 0 aliphatic heterocycles. The monoisotopic (exact) mass is 241 g/mol. The number of nitrogens with zero attached hydrogens (tertiary/aromatic N) is 1. The van der Waals surface area contributed by atoms with Crippen molar-refractivity contribution in [2.75, 3.05) is 18.3 Å². The molecule has 16 heavy (non-hydrogen) atoms. The molecule has 0 radical (unpaired) electrons. The first-order chi connectivity index (χ1) is 7.76. The van der Waals surface area contributed by atoms with Crippen molar-refractivity contribution in [2.45, 2.75) is 12.2 Å². The van der Waals surface area contributed by atoms with E-state index in [0.29, 0.717) is 12.2 Å². The van der Waals surface area contributed by atoms with Crippen molar-refractivity contribution in [1.29, 1.82) is 0 Å². The zero-order valence-electron chi connectivity index (χ0n) is 9.10. The number of esters is 1. The Kier molecular flexibility index (Phi) is 5.66. The Morgan fingerprint density at radius 3 is 3.00 bits per heavy atom. The number of aromatic nitrogens is 1. The van der Waals surface area contributed by atoms with Crippen molar-refractivity contribution in [3.63, 3.8) is 0 Å². The lowest BCUT2D eigenvalue weighted by Crippen LogP contribution is -2.08. The van der Waals surface area contributed by atoms with Crippen molar-refractivity contribution in [2.24, 2.45) is 5.84 Å². The third-order valence-electron chi connectivity index (χ3n) is 1.92. The normalized spacial score (nSPS) is 9.88. The molecule has 0 saturated carbocycles. The Balaban J connectivity index is 2.24. The van der Waals surface area contributed by atoms with Crippen molar-refractivity contribution < 1.29 is 9.53 Å². The fourth-order valence-corrected chi connectivity index (χ4v) is 1.90. The summed E-state index contributed by atoms with van der Waals surface area (Å²) in [5.41, 5.74) is 3.57. The van der Waals surface area contributed by atoms with Crippen LogP contribution in [-0.2, 0) is 15.3 Å². The van der Waals surface area contributed by atoms with Crippen LogP contribution >= 0.6 is 11.8 Å².